The summed E-state index contributed by atoms with van der Waals surface area (Å²) >= 11 is 0. The Balaban J connectivity index is 1.67. The zero-order valence-electron chi connectivity index (χ0n) is 13.5. The van der Waals surface area contributed by atoms with Gasteiger partial charge in [-0.1, -0.05) is 0 Å². The van der Waals surface area contributed by atoms with Crippen molar-refractivity contribution in [2.45, 2.75) is 12.8 Å². The van der Waals surface area contributed by atoms with Crippen molar-refractivity contribution in [3.8, 4) is 17.0 Å². The number of aromatic nitrogens is 2. The molecule has 3 rings (SSSR count). The van der Waals surface area contributed by atoms with Crippen molar-refractivity contribution in [1.29, 1.82) is 0 Å². The maximum absolute atomic E-state index is 12.4. The molecule has 2 N–H and O–H groups in total. The summed E-state index contributed by atoms with van der Waals surface area (Å²) in [6, 6.07) is 7.32. The van der Waals surface area contributed by atoms with E-state index in [1.54, 1.807) is 12.0 Å². The lowest BCUT2D eigenvalue weighted by Crippen LogP contribution is -2.38. The second-order valence-electron chi connectivity index (χ2n) is 5.66. The molecule has 126 valence electrons. The Morgan fingerprint density at radius 1 is 1.25 bits per heavy atom. The van der Waals surface area contributed by atoms with E-state index < -0.39 is 0 Å². The van der Waals surface area contributed by atoms with E-state index in [2.05, 4.69) is 15.5 Å². The Labute approximate surface area is 140 Å². The van der Waals surface area contributed by atoms with E-state index in [-0.39, 0.29) is 18.4 Å². The van der Waals surface area contributed by atoms with Gasteiger partial charge in [0.1, 0.15) is 5.75 Å². The van der Waals surface area contributed by atoms with Gasteiger partial charge >= 0.3 is 0 Å². The molecule has 1 aliphatic heterocycles. The van der Waals surface area contributed by atoms with E-state index in [1.165, 1.54) is 6.20 Å². The van der Waals surface area contributed by atoms with E-state index >= 15 is 0 Å². The van der Waals surface area contributed by atoms with Gasteiger partial charge in [-0.15, -0.1) is 0 Å². The van der Waals surface area contributed by atoms with Crippen LogP contribution in [0, 0.1) is 0 Å². The number of benzene rings is 1. The van der Waals surface area contributed by atoms with Crippen LogP contribution in [0.4, 0.5) is 0 Å². The fourth-order valence-electron chi connectivity index (χ4n) is 2.77. The number of hydrogen-bond donors (Lipinski definition) is 2. The number of nitrogens with one attached hydrogen (secondary N) is 2. The molecular formula is C17H20N4O3. The second-order valence-corrected chi connectivity index (χ2v) is 5.66. The molecule has 0 atom stereocenters. The average molecular weight is 328 g/mol. The summed E-state index contributed by atoms with van der Waals surface area (Å²) in [5.74, 6) is 0.373. The smallest absolute Gasteiger partial charge is 0.255 e. The molecule has 0 spiro atoms. The Kier molecular flexibility index (Phi) is 4.79. The number of carbonyl (C=O) groups is 2. The van der Waals surface area contributed by atoms with Crippen molar-refractivity contribution in [2.24, 2.45) is 0 Å². The third kappa shape index (κ3) is 3.40. The van der Waals surface area contributed by atoms with Crippen LogP contribution in [0.25, 0.3) is 11.3 Å². The second kappa shape index (κ2) is 7.16. The van der Waals surface area contributed by atoms with E-state index in [4.69, 9.17) is 4.74 Å². The SMILES string of the molecule is COc1ccc(-c2[nH]ncc2C(=O)NCC(=O)N2CCCC2)cc1. The predicted molar refractivity (Wildman–Crippen MR) is 88.7 cm³/mol. The summed E-state index contributed by atoms with van der Waals surface area (Å²) in [6.45, 7) is 1.56. The number of aromatic amines is 1. The molecule has 7 heteroatoms. The topological polar surface area (TPSA) is 87.3 Å². The minimum Gasteiger partial charge on any atom is -0.497 e. The first-order chi connectivity index (χ1) is 11.7. The Hall–Kier alpha value is -2.83. The van der Waals surface area contributed by atoms with Crippen molar-refractivity contribution >= 4 is 11.8 Å². The molecule has 1 aromatic heterocycles. The number of H-pyrrole nitrogens is 1. The molecule has 0 radical (unpaired) electrons. The van der Waals surface area contributed by atoms with Crippen LogP contribution in [0.1, 0.15) is 23.2 Å². The highest BCUT2D eigenvalue weighted by Crippen LogP contribution is 2.23. The molecule has 0 saturated carbocycles. The third-order valence-electron chi connectivity index (χ3n) is 4.12. The molecule has 24 heavy (non-hydrogen) atoms. The molecule has 2 aromatic rings. The fraction of sp³-hybridized carbons (Fsp3) is 0.353. The minimum atomic E-state index is -0.317. The lowest BCUT2D eigenvalue weighted by molar-refractivity contribution is -0.129. The lowest BCUT2D eigenvalue weighted by Gasteiger charge is -2.15. The quantitative estimate of drug-likeness (QED) is 0.869. The molecule has 0 bridgehead atoms. The number of methoxy groups -OCH3 is 1. The van der Waals surface area contributed by atoms with Crippen LogP contribution in [0.15, 0.2) is 30.5 Å². The summed E-state index contributed by atoms with van der Waals surface area (Å²) in [4.78, 5) is 26.2. The van der Waals surface area contributed by atoms with Crippen LogP contribution in [0.5, 0.6) is 5.75 Å². The summed E-state index contributed by atoms with van der Waals surface area (Å²) < 4.78 is 5.13. The molecule has 2 amide bonds. The third-order valence-corrected chi connectivity index (χ3v) is 4.12. The zero-order valence-corrected chi connectivity index (χ0v) is 13.5. The highest BCUT2D eigenvalue weighted by atomic mass is 16.5. The first kappa shape index (κ1) is 16.0. The summed E-state index contributed by atoms with van der Waals surface area (Å²) in [7, 11) is 1.60. The van der Waals surface area contributed by atoms with Crippen molar-refractivity contribution in [2.75, 3.05) is 26.7 Å². The maximum Gasteiger partial charge on any atom is 0.255 e. The summed E-state index contributed by atoms with van der Waals surface area (Å²) in [5.41, 5.74) is 1.85. The lowest BCUT2D eigenvalue weighted by atomic mass is 10.1. The number of carbonyl (C=O) groups excluding carboxylic acids is 2. The Morgan fingerprint density at radius 3 is 2.62 bits per heavy atom. The van der Waals surface area contributed by atoms with Crippen LogP contribution in [0.2, 0.25) is 0 Å². The largest absolute Gasteiger partial charge is 0.497 e. The van der Waals surface area contributed by atoms with Crippen molar-refractivity contribution in [3.05, 3.63) is 36.0 Å². The Morgan fingerprint density at radius 2 is 1.96 bits per heavy atom. The number of nitrogens with zero attached hydrogens (tertiary/aromatic N) is 2. The van der Waals surface area contributed by atoms with Crippen molar-refractivity contribution in [1.82, 2.24) is 20.4 Å². The van der Waals surface area contributed by atoms with Gasteiger partial charge in [0, 0.05) is 18.7 Å². The molecule has 1 aliphatic rings. The van der Waals surface area contributed by atoms with Crippen LogP contribution in [-0.2, 0) is 4.79 Å². The zero-order chi connectivity index (χ0) is 16.9. The average Bonchev–Trinajstić information content (AvgIpc) is 3.30. The number of hydrogen-bond acceptors (Lipinski definition) is 4. The van der Waals surface area contributed by atoms with E-state index in [0.717, 1.165) is 37.2 Å². The molecule has 7 nitrogen and oxygen atoms in total. The van der Waals surface area contributed by atoms with Gasteiger partial charge in [-0.3, -0.25) is 14.7 Å². The molecule has 1 aromatic carbocycles. The van der Waals surface area contributed by atoms with Gasteiger partial charge in [-0.2, -0.15) is 5.10 Å². The number of amides is 2. The highest BCUT2D eigenvalue weighted by molar-refractivity contribution is 6.01. The van der Waals surface area contributed by atoms with Crippen molar-refractivity contribution < 1.29 is 14.3 Å². The van der Waals surface area contributed by atoms with Gasteiger partial charge < -0.3 is 15.0 Å². The van der Waals surface area contributed by atoms with Gasteiger partial charge in [0.25, 0.3) is 5.91 Å². The van der Waals surface area contributed by atoms with E-state index in [0.29, 0.717) is 11.3 Å². The number of ether oxygens (including phenoxy) is 1. The first-order valence-corrected chi connectivity index (χ1v) is 7.93. The van der Waals surface area contributed by atoms with E-state index in [1.807, 2.05) is 24.3 Å². The normalized spacial score (nSPS) is 13.8. The van der Waals surface area contributed by atoms with Gasteiger partial charge in [-0.25, -0.2) is 0 Å². The summed E-state index contributed by atoms with van der Waals surface area (Å²) in [5, 5.41) is 9.47. The van der Waals surface area contributed by atoms with Gasteiger partial charge in [0.2, 0.25) is 5.91 Å². The molecular weight excluding hydrogens is 308 g/mol. The minimum absolute atomic E-state index is 0.00602. The van der Waals surface area contributed by atoms with Crippen LogP contribution < -0.4 is 10.1 Å². The van der Waals surface area contributed by atoms with Gasteiger partial charge in [0.15, 0.2) is 0 Å². The first-order valence-electron chi connectivity index (χ1n) is 7.93. The van der Waals surface area contributed by atoms with Gasteiger partial charge in [-0.05, 0) is 37.1 Å². The molecule has 1 saturated heterocycles. The molecule has 1 fully saturated rings. The molecule has 2 heterocycles. The van der Waals surface area contributed by atoms with Crippen LogP contribution in [-0.4, -0.2) is 53.7 Å². The monoisotopic (exact) mass is 328 g/mol. The number of likely N-dealkylation sites (tertiary alicyclic amines) is 1. The fourth-order valence-corrected chi connectivity index (χ4v) is 2.77. The predicted octanol–water partition coefficient (Wildman–Crippen LogP) is 1.44. The maximum atomic E-state index is 12.4. The highest BCUT2D eigenvalue weighted by Gasteiger charge is 2.20. The summed E-state index contributed by atoms with van der Waals surface area (Å²) in [6.07, 6.45) is 3.53. The van der Waals surface area contributed by atoms with Crippen LogP contribution >= 0.6 is 0 Å². The van der Waals surface area contributed by atoms with Gasteiger partial charge in [0.05, 0.1) is 31.1 Å². The standard InChI is InChI=1S/C17H20N4O3/c1-24-13-6-4-12(5-7-13)16-14(10-19-20-16)17(23)18-11-15(22)21-8-2-3-9-21/h4-7,10H,2-3,8-9,11H2,1H3,(H,18,23)(H,19,20). The number of rotatable bonds is 5. The van der Waals surface area contributed by atoms with Crippen LogP contribution in [0.3, 0.4) is 0 Å². The Bertz CT molecular complexity index is 718. The van der Waals surface area contributed by atoms with E-state index in [9.17, 15) is 9.59 Å². The van der Waals surface area contributed by atoms with Crippen molar-refractivity contribution in [3.63, 3.8) is 0 Å². The molecule has 0 aliphatic carbocycles. The molecule has 0 unspecified atom stereocenters.